The topological polar surface area (TPSA) is 86.7 Å². The summed E-state index contributed by atoms with van der Waals surface area (Å²) in [5.74, 6) is 0.319. The molecule has 0 saturated carbocycles. The van der Waals surface area contributed by atoms with Gasteiger partial charge in [0.15, 0.2) is 0 Å². The Kier molecular flexibility index (Phi) is 13.5. The summed E-state index contributed by atoms with van der Waals surface area (Å²) in [6.07, 6.45) is 11.1. The summed E-state index contributed by atoms with van der Waals surface area (Å²) in [4.78, 5) is -0.0974. The average molecular weight is 459 g/mol. The number of para-hydroxylation sites is 2. The molecule has 0 bridgehead atoms. The van der Waals surface area contributed by atoms with E-state index < -0.39 is 10.1 Å². The summed E-state index contributed by atoms with van der Waals surface area (Å²) in [6, 6.07) is 10.7. The van der Waals surface area contributed by atoms with Crippen LogP contribution in [0.2, 0.25) is 0 Å². The van der Waals surface area contributed by atoms with E-state index in [-0.39, 0.29) is 67.8 Å². The van der Waals surface area contributed by atoms with Gasteiger partial charge in [-0.3, -0.25) is 4.55 Å². The Labute approximate surface area is 223 Å². The first-order valence-electron chi connectivity index (χ1n) is 10.5. The predicted molar refractivity (Wildman–Crippen MR) is 113 cm³/mol. The molecule has 0 heterocycles. The fourth-order valence-corrected chi connectivity index (χ4v) is 4.09. The molecular formula is C23H31KO5S. The van der Waals surface area contributed by atoms with Crippen LogP contribution >= 0.6 is 0 Å². The predicted octanol–water partition coefficient (Wildman–Crippen LogP) is 2.88. The van der Waals surface area contributed by atoms with Crippen LogP contribution < -0.4 is 61.2 Å². The number of hydrogen-bond donors (Lipinski definition) is 1. The molecule has 2 aromatic rings. The smallest absolute Gasteiger partial charge is 0.870 e. The third kappa shape index (κ3) is 9.81. The van der Waals surface area contributed by atoms with E-state index in [9.17, 15) is 18.1 Å². The summed E-state index contributed by atoms with van der Waals surface area (Å²) in [5, 5.41) is 11.8. The third-order valence-electron chi connectivity index (χ3n) is 4.94. The van der Waals surface area contributed by atoms with Gasteiger partial charge in [-0.05, 0) is 42.7 Å². The van der Waals surface area contributed by atoms with Crippen LogP contribution in [0, 0.1) is 0 Å². The van der Waals surface area contributed by atoms with E-state index in [1.807, 2.05) is 0 Å². The van der Waals surface area contributed by atoms with Gasteiger partial charge in [0.1, 0.15) is 11.5 Å². The van der Waals surface area contributed by atoms with Crippen molar-refractivity contribution in [3.8, 4) is 17.2 Å². The van der Waals surface area contributed by atoms with Crippen LogP contribution in [-0.2, 0) is 16.5 Å². The van der Waals surface area contributed by atoms with Crippen LogP contribution in [0.1, 0.15) is 70.3 Å². The summed E-state index contributed by atoms with van der Waals surface area (Å²) >= 11 is 0. The van der Waals surface area contributed by atoms with Gasteiger partial charge in [0, 0.05) is 0 Å². The molecule has 0 aromatic heterocycles. The second-order valence-corrected chi connectivity index (χ2v) is 8.76. The Balaban J connectivity index is 0.00000450. The molecule has 0 radical (unpaired) electrons. The van der Waals surface area contributed by atoms with Gasteiger partial charge in [-0.25, -0.2) is 0 Å². The maximum Gasteiger partial charge on any atom is 1.00 e. The van der Waals surface area contributed by atoms with E-state index in [1.165, 1.54) is 56.7 Å². The van der Waals surface area contributed by atoms with Gasteiger partial charge < -0.3 is 9.84 Å². The van der Waals surface area contributed by atoms with Crippen molar-refractivity contribution in [3.63, 3.8) is 0 Å². The maximum atomic E-state index is 11.8. The summed E-state index contributed by atoms with van der Waals surface area (Å²) < 4.78 is 38.5. The van der Waals surface area contributed by atoms with Gasteiger partial charge >= 0.3 is 51.4 Å². The molecule has 0 atom stereocenters. The molecule has 30 heavy (non-hydrogen) atoms. The van der Waals surface area contributed by atoms with Gasteiger partial charge in [0.25, 0.3) is 10.1 Å². The van der Waals surface area contributed by atoms with E-state index in [0.29, 0.717) is 17.7 Å². The molecule has 0 aliphatic heterocycles. The SMILES string of the molecule is CCCCCCCCCCCc1cc(Oc2ccccc2[O-])ccc1S(=O)(=O)O.[K+]. The van der Waals surface area contributed by atoms with Gasteiger partial charge in [-0.2, -0.15) is 8.42 Å². The molecule has 0 amide bonds. The minimum Gasteiger partial charge on any atom is -0.870 e. The van der Waals surface area contributed by atoms with Crippen molar-refractivity contribution in [2.75, 3.05) is 0 Å². The molecule has 2 rings (SSSR count). The van der Waals surface area contributed by atoms with Gasteiger partial charge in [-0.1, -0.05) is 82.2 Å². The fraction of sp³-hybridized carbons (Fsp3) is 0.478. The first-order chi connectivity index (χ1) is 13.9. The van der Waals surface area contributed by atoms with E-state index in [4.69, 9.17) is 4.74 Å². The zero-order valence-electron chi connectivity index (χ0n) is 18.1. The molecule has 7 heteroatoms. The number of benzene rings is 2. The van der Waals surface area contributed by atoms with Crippen LogP contribution in [-0.4, -0.2) is 13.0 Å². The molecule has 0 spiro atoms. The van der Waals surface area contributed by atoms with Crippen LogP contribution in [0.5, 0.6) is 17.2 Å². The number of hydrogen-bond acceptors (Lipinski definition) is 4. The van der Waals surface area contributed by atoms with Crippen molar-refractivity contribution in [3.05, 3.63) is 48.0 Å². The molecule has 160 valence electrons. The molecule has 0 saturated heterocycles. The van der Waals surface area contributed by atoms with Crippen molar-refractivity contribution in [2.24, 2.45) is 0 Å². The number of aryl methyl sites for hydroxylation is 1. The third-order valence-corrected chi connectivity index (χ3v) is 5.89. The Morgan fingerprint density at radius 1 is 0.900 bits per heavy atom. The molecule has 0 aliphatic carbocycles. The second kappa shape index (κ2) is 14.6. The maximum absolute atomic E-state index is 11.8. The Morgan fingerprint density at radius 3 is 2.10 bits per heavy atom. The summed E-state index contributed by atoms with van der Waals surface area (Å²) in [7, 11) is -4.31. The molecule has 0 aliphatic rings. The first kappa shape index (κ1) is 27.6. The summed E-state index contributed by atoms with van der Waals surface area (Å²) in [5.41, 5.74) is 0.510. The second-order valence-electron chi connectivity index (χ2n) is 7.37. The first-order valence-corrected chi connectivity index (χ1v) is 11.9. The van der Waals surface area contributed by atoms with Gasteiger partial charge in [0.2, 0.25) is 0 Å². The standard InChI is InChI=1S/C23H32O5S.K/c1-2-3-4-5-6-7-8-9-10-13-19-18-20(16-17-23(19)29(25,26)27)28-22-15-12-11-14-21(22)24;/h11-12,14-18,24H,2-10,13H2,1H3,(H,25,26,27);/q;+1/p-1. The Hall–Kier alpha value is -0.414. The van der Waals surface area contributed by atoms with Crippen LogP contribution in [0.15, 0.2) is 47.4 Å². The van der Waals surface area contributed by atoms with Gasteiger partial charge in [-0.15, -0.1) is 0 Å². The summed E-state index contributed by atoms with van der Waals surface area (Å²) in [6.45, 7) is 2.21. The number of rotatable bonds is 13. The van der Waals surface area contributed by atoms with E-state index in [2.05, 4.69) is 6.92 Å². The molecule has 5 nitrogen and oxygen atoms in total. The van der Waals surface area contributed by atoms with E-state index in [1.54, 1.807) is 24.3 Å². The number of ether oxygens (including phenoxy) is 1. The monoisotopic (exact) mass is 458 g/mol. The van der Waals surface area contributed by atoms with Crippen LogP contribution in [0.4, 0.5) is 0 Å². The molecule has 2 aromatic carbocycles. The normalized spacial score (nSPS) is 11.1. The largest absolute Gasteiger partial charge is 1.00 e. The van der Waals surface area contributed by atoms with Crippen molar-refractivity contribution in [1.82, 2.24) is 0 Å². The molecular weight excluding hydrogens is 427 g/mol. The quantitative estimate of drug-likeness (QED) is 0.283. The van der Waals surface area contributed by atoms with Crippen molar-refractivity contribution >= 4 is 10.1 Å². The minimum atomic E-state index is -4.31. The van der Waals surface area contributed by atoms with Crippen molar-refractivity contribution < 1.29 is 74.2 Å². The molecule has 1 N–H and O–H groups in total. The van der Waals surface area contributed by atoms with Crippen LogP contribution in [0.25, 0.3) is 0 Å². The van der Waals surface area contributed by atoms with Crippen molar-refractivity contribution in [1.29, 1.82) is 0 Å². The molecule has 0 unspecified atom stereocenters. The number of unbranched alkanes of at least 4 members (excludes halogenated alkanes) is 8. The minimum absolute atomic E-state index is 0. The Morgan fingerprint density at radius 2 is 1.50 bits per heavy atom. The van der Waals surface area contributed by atoms with E-state index in [0.717, 1.165) is 19.3 Å². The molecule has 0 fully saturated rings. The van der Waals surface area contributed by atoms with Crippen molar-refractivity contribution in [2.45, 2.75) is 76.0 Å². The van der Waals surface area contributed by atoms with Crippen LogP contribution in [0.3, 0.4) is 0 Å². The average Bonchev–Trinajstić information content (AvgIpc) is 2.68. The fourth-order valence-electron chi connectivity index (χ4n) is 3.35. The zero-order valence-corrected chi connectivity index (χ0v) is 22.0. The van der Waals surface area contributed by atoms with Gasteiger partial charge in [0.05, 0.1) is 4.90 Å². The Bertz CT molecular complexity index is 868. The van der Waals surface area contributed by atoms with E-state index >= 15 is 0 Å². The zero-order chi connectivity index (χ0) is 21.1.